The van der Waals surface area contributed by atoms with Crippen molar-refractivity contribution in [3.63, 3.8) is 0 Å². The van der Waals surface area contributed by atoms with Gasteiger partial charge in [-0.3, -0.25) is 0 Å². The first-order valence-electron chi connectivity index (χ1n) is 4.56. The fourth-order valence-corrected chi connectivity index (χ4v) is 1.04. The molecule has 1 nitrogen and oxygen atoms in total. The molecule has 0 bridgehead atoms. The molecule has 14 heavy (non-hydrogen) atoms. The number of rotatable bonds is 1. The van der Waals surface area contributed by atoms with Crippen molar-refractivity contribution in [1.29, 1.82) is 0 Å². The minimum atomic E-state index is 0. The highest BCUT2D eigenvalue weighted by atomic mass is 14.6. The number of benzene rings is 1. The summed E-state index contributed by atoms with van der Waals surface area (Å²) in [6.07, 6.45) is 0. The van der Waals surface area contributed by atoms with Gasteiger partial charge in [0.1, 0.15) is 0 Å². The van der Waals surface area contributed by atoms with Gasteiger partial charge >= 0.3 is 0 Å². The van der Waals surface area contributed by atoms with Crippen LogP contribution in [-0.4, -0.2) is 0 Å². The van der Waals surface area contributed by atoms with E-state index in [0.717, 1.165) is 5.69 Å². The molecule has 0 aliphatic rings. The van der Waals surface area contributed by atoms with Crippen LogP contribution in [0.5, 0.6) is 0 Å². The lowest BCUT2D eigenvalue weighted by Gasteiger charge is -2.07. The molecule has 0 unspecified atom stereocenters. The molecule has 84 valence electrons. The van der Waals surface area contributed by atoms with Crippen molar-refractivity contribution in [3.8, 4) is 0 Å². The van der Waals surface area contributed by atoms with Crippen LogP contribution in [0.25, 0.3) is 0 Å². The summed E-state index contributed by atoms with van der Waals surface area (Å²) in [5, 5.41) is 0. The topological polar surface area (TPSA) is 26.0 Å². The SMILES string of the molecule is C.C.CC.CC(C)c1ccccc1N. The highest BCUT2D eigenvalue weighted by Crippen LogP contribution is 2.19. The van der Waals surface area contributed by atoms with Crippen LogP contribution < -0.4 is 5.73 Å². The highest BCUT2D eigenvalue weighted by Gasteiger charge is 2.00. The molecule has 2 N–H and O–H groups in total. The van der Waals surface area contributed by atoms with Crippen LogP contribution in [0.2, 0.25) is 0 Å². The van der Waals surface area contributed by atoms with Gasteiger partial charge in [0.15, 0.2) is 0 Å². The average molecular weight is 197 g/mol. The van der Waals surface area contributed by atoms with E-state index >= 15 is 0 Å². The molecule has 0 aromatic heterocycles. The molecule has 0 fully saturated rings. The van der Waals surface area contributed by atoms with Crippen LogP contribution >= 0.6 is 0 Å². The predicted octanol–water partition coefficient (Wildman–Crippen LogP) is 4.69. The summed E-state index contributed by atoms with van der Waals surface area (Å²) in [4.78, 5) is 0. The van der Waals surface area contributed by atoms with E-state index in [1.54, 1.807) is 0 Å². The molecule has 0 radical (unpaired) electrons. The molecule has 0 aliphatic heterocycles. The minimum absolute atomic E-state index is 0. The zero-order valence-corrected chi connectivity index (χ0v) is 8.46. The zero-order valence-electron chi connectivity index (χ0n) is 8.46. The number of anilines is 1. The Bertz CT molecular complexity index is 216. The lowest BCUT2D eigenvalue weighted by Crippen LogP contribution is -1.94. The van der Waals surface area contributed by atoms with Crippen LogP contribution in [-0.2, 0) is 0 Å². The number of nitrogen functional groups attached to an aromatic ring is 1. The normalized spacial score (nSPS) is 7.79. The van der Waals surface area contributed by atoms with E-state index in [2.05, 4.69) is 19.9 Å². The van der Waals surface area contributed by atoms with Crippen molar-refractivity contribution >= 4 is 5.69 Å². The Morgan fingerprint density at radius 1 is 1.00 bits per heavy atom. The van der Waals surface area contributed by atoms with Crippen molar-refractivity contribution in [2.45, 2.75) is 48.5 Å². The van der Waals surface area contributed by atoms with E-state index in [1.165, 1.54) is 5.56 Å². The minimum Gasteiger partial charge on any atom is -0.398 e. The Kier molecular flexibility index (Phi) is 13.5. The standard InChI is InChI=1S/C9H13N.C2H6.2CH4/c1-7(2)8-5-3-4-6-9(8)10;1-2;;/h3-7H,10H2,1-2H3;1-2H3;2*1H4. The quantitative estimate of drug-likeness (QED) is 0.649. The van der Waals surface area contributed by atoms with Gasteiger partial charge in [0.25, 0.3) is 0 Å². The number of para-hydroxylation sites is 1. The van der Waals surface area contributed by atoms with Crippen LogP contribution in [0.15, 0.2) is 24.3 Å². The summed E-state index contributed by atoms with van der Waals surface area (Å²) in [6.45, 7) is 8.29. The van der Waals surface area contributed by atoms with Gasteiger partial charge in [-0.1, -0.05) is 60.7 Å². The van der Waals surface area contributed by atoms with Crippen molar-refractivity contribution in [3.05, 3.63) is 29.8 Å². The average Bonchev–Trinajstić information content (AvgIpc) is 2.08. The first kappa shape index (κ1) is 18.7. The molecule has 0 atom stereocenters. The second-order valence-corrected chi connectivity index (χ2v) is 2.78. The van der Waals surface area contributed by atoms with Gasteiger partial charge < -0.3 is 5.73 Å². The number of hydrogen-bond acceptors (Lipinski definition) is 1. The van der Waals surface area contributed by atoms with Gasteiger partial charge in [-0.05, 0) is 17.5 Å². The smallest absolute Gasteiger partial charge is 0.0349 e. The maximum absolute atomic E-state index is 5.72. The van der Waals surface area contributed by atoms with Crippen LogP contribution in [0.1, 0.15) is 54.0 Å². The Hall–Kier alpha value is -0.980. The molecule has 0 saturated carbocycles. The Morgan fingerprint density at radius 3 is 1.71 bits per heavy atom. The van der Waals surface area contributed by atoms with Crippen LogP contribution in [0.4, 0.5) is 5.69 Å². The van der Waals surface area contributed by atoms with Gasteiger partial charge in [0.2, 0.25) is 0 Å². The van der Waals surface area contributed by atoms with Gasteiger partial charge in [0, 0.05) is 5.69 Å². The van der Waals surface area contributed by atoms with E-state index in [4.69, 9.17) is 5.73 Å². The molecular weight excluding hydrogens is 170 g/mol. The van der Waals surface area contributed by atoms with Gasteiger partial charge in [-0.25, -0.2) is 0 Å². The summed E-state index contributed by atoms with van der Waals surface area (Å²) in [5.74, 6) is 0.529. The summed E-state index contributed by atoms with van der Waals surface area (Å²) >= 11 is 0. The largest absolute Gasteiger partial charge is 0.398 e. The third-order valence-electron chi connectivity index (χ3n) is 1.62. The monoisotopic (exact) mass is 197 g/mol. The Morgan fingerprint density at radius 2 is 1.43 bits per heavy atom. The second kappa shape index (κ2) is 10.1. The first-order valence-corrected chi connectivity index (χ1v) is 4.56. The van der Waals surface area contributed by atoms with Gasteiger partial charge in [-0.2, -0.15) is 0 Å². The lowest BCUT2D eigenvalue weighted by atomic mass is 10.0. The molecular formula is C13H27N. The van der Waals surface area contributed by atoms with Crippen LogP contribution in [0, 0.1) is 0 Å². The molecule has 1 aromatic carbocycles. The second-order valence-electron chi connectivity index (χ2n) is 2.78. The maximum atomic E-state index is 5.72. The summed E-state index contributed by atoms with van der Waals surface area (Å²) in [7, 11) is 0. The molecule has 1 rings (SSSR count). The zero-order chi connectivity index (χ0) is 9.56. The molecule has 1 aromatic rings. The number of nitrogens with two attached hydrogens (primary N) is 1. The van der Waals surface area contributed by atoms with E-state index in [0.29, 0.717) is 5.92 Å². The fourth-order valence-electron chi connectivity index (χ4n) is 1.04. The Balaban J connectivity index is -0.000000284. The predicted molar refractivity (Wildman–Crippen MR) is 69.8 cm³/mol. The van der Waals surface area contributed by atoms with Crippen molar-refractivity contribution in [2.24, 2.45) is 0 Å². The van der Waals surface area contributed by atoms with Crippen molar-refractivity contribution in [1.82, 2.24) is 0 Å². The summed E-state index contributed by atoms with van der Waals surface area (Å²) < 4.78 is 0. The molecule has 0 aliphatic carbocycles. The fraction of sp³-hybridized carbons (Fsp3) is 0.538. The van der Waals surface area contributed by atoms with E-state index in [1.807, 2.05) is 32.0 Å². The van der Waals surface area contributed by atoms with E-state index < -0.39 is 0 Å². The molecule has 0 amide bonds. The molecule has 0 saturated heterocycles. The van der Waals surface area contributed by atoms with Gasteiger partial charge in [-0.15, -0.1) is 0 Å². The molecule has 1 heteroatoms. The summed E-state index contributed by atoms with van der Waals surface area (Å²) in [6, 6.07) is 7.99. The first-order chi connectivity index (χ1) is 5.72. The van der Waals surface area contributed by atoms with Crippen molar-refractivity contribution < 1.29 is 0 Å². The van der Waals surface area contributed by atoms with E-state index in [-0.39, 0.29) is 14.9 Å². The third-order valence-corrected chi connectivity index (χ3v) is 1.62. The highest BCUT2D eigenvalue weighted by molar-refractivity contribution is 5.47. The molecule has 0 heterocycles. The third kappa shape index (κ3) is 5.63. The molecule has 0 spiro atoms. The maximum Gasteiger partial charge on any atom is 0.0349 e. The Labute approximate surface area is 90.3 Å². The lowest BCUT2D eigenvalue weighted by molar-refractivity contribution is 0.870. The van der Waals surface area contributed by atoms with Crippen molar-refractivity contribution in [2.75, 3.05) is 5.73 Å². The summed E-state index contributed by atoms with van der Waals surface area (Å²) in [5.41, 5.74) is 7.86. The van der Waals surface area contributed by atoms with Crippen LogP contribution in [0.3, 0.4) is 0 Å². The van der Waals surface area contributed by atoms with Gasteiger partial charge in [0.05, 0.1) is 0 Å². The number of hydrogen-bond donors (Lipinski definition) is 1. The van der Waals surface area contributed by atoms with E-state index in [9.17, 15) is 0 Å².